The van der Waals surface area contributed by atoms with Crippen molar-refractivity contribution in [3.8, 4) is 0 Å². The molecule has 0 aliphatic rings. The minimum atomic E-state index is -3.32. The first-order valence-corrected chi connectivity index (χ1v) is 11.4. The van der Waals surface area contributed by atoms with Crippen LogP contribution in [0.5, 0.6) is 0 Å². The molecule has 2 aromatic carbocycles. The van der Waals surface area contributed by atoms with Crippen molar-refractivity contribution in [2.45, 2.75) is 38.5 Å². The van der Waals surface area contributed by atoms with Gasteiger partial charge in [0.05, 0.1) is 5.75 Å². The molecule has 0 atom stereocenters. The Balaban J connectivity index is 1.91. The van der Waals surface area contributed by atoms with E-state index >= 15 is 0 Å². The Labute approximate surface area is 162 Å². The van der Waals surface area contributed by atoms with Gasteiger partial charge in [-0.1, -0.05) is 80.4 Å². The van der Waals surface area contributed by atoms with Crippen molar-refractivity contribution in [1.82, 2.24) is 5.32 Å². The maximum atomic E-state index is 12.1. The highest BCUT2D eigenvalue weighted by atomic mass is 32.2. The summed E-state index contributed by atoms with van der Waals surface area (Å²) in [5, 5.41) is 2.78. The largest absolute Gasteiger partial charge is 0.355 e. The third-order valence-electron chi connectivity index (χ3n) is 4.57. The van der Waals surface area contributed by atoms with Crippen molar-refractivity contribution in [3.05, 3.63) is 71.8 Å². The van der Waals surface area contributed by atoms with Gasteiger partial charge in [0.25, 0.3) is 0 Å². The first kappa shape index (κ1) is 21.2. The maximum Gasteiger partial charge on any atom is 0.235 e. The van der Waals surface area contributed by atoms with Crippen LogP contribution in [0.25, 0.3) is 0 Å². The lowest BCUT2D eigenvalue weighted by Crippen LogP contribution is -2.32. The molecule has 2 aromatic rings. The normalized spacial score (nSPS) is 11.5. The summed E-state index contributed by atoms with van der Waals surface area (Å²) in [6.07, 6.45) is 3.17. The molecule has 0 unspecified atom stereocenters. The molecule has 0 radical (unpaired) electrons. The lowest BCUT2D eigenvalue weighted by molar-refractivity contribution is -0.118. The van der Waals surface area contributed by atoms with Gasteiger partial charge in [0.1, 0.15) is 5.75 Å². The molecule has 0 aromatic heterocycles. The van der Waals surface area contributed by atoms with Crippen LogP contribution < -0.4 is 5.32 Å². The van der Waals surface area contributed by atoms with E-state index in [9.17, 15) is 13.2 Å². The lowest BCUT2D eigenvalue weighted by atomic mass is 9.88. The molecule has 5 heteroatoms. The number of hydrogen-bond acceptors (Lipinski definition) is 3. The average molecular weight is 388 g/mol. The molecule has 146 valence electrons. The summed E-state index contributed by atoms with van der Waals surface area (Å²) in [5.41, 5.74) is 2.37. The second kappa shape index (κ2) is 10.9. The number of sulfone groups is 1. The zero-order chi connectivity index (χ0) is 19.5. The van der Waals surface area contributed by atoms with Crippen LogP contribution in [0, 0.1) is 0 Å². The number of unbranched alkanes of at least 4 members (excludes halogenated alkanes) is 2. The van der Waals surface area contributed by atoms with Crippen molar-refractivity contribution < 1.29 is 13.2 Å². The van der Waals surface area contributed by atoms with Crippen molar-refractivity contribution in [1.29, 1.82) is 0 Å². The Morgan fingerprint density at radius 1 is 0.926 bits per heavy atom. The molecular formula is C22H29NO3S. The summed E-state index contributed by atoms with van der Waals surface area (Å²) >= 11 is 0. The van der Waals surface area contributed by atoms with Gasteiger partial charge >= 0.3 is 0 Å². The van der Waals surface area contributed by atoms with Gasteiger partial charge in [-0.2, -0.15) is 0 Å². The molecule has 4 nitrogen and oxygen atoms in total. The van der Waals surface area contributed by atoms with Gasteiger partial charge in [-0.25, -0.2) is 8.42 Å². The van der Waals surface area contributed by atoms with E-state index in [0.717, 1.165) is 19.3 Å². The van der Waals surface area contributed by atoms with Crippen LogP contribution in [0.15, 0.2) is 60.7 Å². The zero-order valence-electron chi connectivity index (χ0n) is 15.9. The molecule has 27 heavy (non-hydrogen) atoms. The number of benzene rings is 2. The SMILES string of the molecule is CCCCCS(=O)(=O)CC(=O)NCCC(c1ccccc1)c1ccccc1. The topological polar surface area (TPSA) is 63.2 Å². The average Bonchev–Trinajstić information content (AvgIpc) is 2.66. The highest BCUT2D eigenvalue weighted by molar-refractivity contribution is 7.92. The molecule has 1 N–H and O–H groups in total. The highest BCUT2D eigenvalue weighted by Crippen LogP contribution is 2.27. The van der Waals surface area contributed by atoms with Gasteiger partial charge in [-0.3, -0.25) is 4.79 Å². The van der Waals surface area contributed by atoms with Crippen molar-refractivity contribution in [2.75, 3.05) is 18.1 Å². The summed E-state index contributed by atoms with van der Waals surface area (Å²) in [5.74, 6) is -0.580. The van der Waals surface area contributed by atoms with E-state index in [-0.39, 0.29) is 11.7 Å². The standard InChI is InChI=1S/C22H29NO3S/c1-2-3-10-17-27(25,26)18-22(24)23-16-15-21(19-11-6-4-7-12-19)20-13-8-5-9-14-20/h4-9,11-14,21H,2-3,10,15-18H2,1H3,(H,23,24). The van der Waals surface area contributed by atoms with Crippen LogP contribution in [0.1, 0.15) is 49.7 Å². The Kier molecular flexibility index (Phi) is 8.52. The molecule has 0 aliphatic carbocycles. The fourth-order valence-corrected chi connectivity index (χ4v) is 4.44. The number of carbonyl (C=O) groups is 1. The highest BCUT2D eigenvalue weighted by Gasteiger charge is 2.17. The maximum absolute atomic E-state index is 12.1. The van der Waals surface area contributed by atoms with Crippen molar-refractivity contribution >= 4 is 15.7 Å². The van der Waals surface area contributed by atoms with E-state index < -0.39 is 21.5 Å². The second-order valence-electron chi connectivity index (χ2n) is 6.81. The van der Waals surface area contributed by atoms with Crippen molar-refractivity contribution in [3.63, 3.8) is 0 Å². The summed E-state index contributed by atoms with van der Waals surface area (Å²) in [7, 11) is -3.32. The molecule has 0 saturated heterocycles. The van der Waals surface area contributed by atoms with E-state index in [0.29, 0.717) is 13.0 Å². The van der Waals surface area contributed by atoms with Gasteiger partial charge in [0.2, 0.25) is 5.91 Å². The third kappa shape index (κ3) is 7.55. The van der Waals surface area contributed by atoms with E-state index in [1.807, 2.05) is 43.3 Å². The fourth-order valence-electron chi connectivity index (χ4n) is 3.15. The third-order valence-corrected chi connectivity index (χ3v) is 6.18. The molecule has 0 spiro atoms. The van der Waals surface area contributed by atoms with E-state index in [4.69, 9.17) is 0 Å². The van der Waals surface area contributed by atoms with Crippen LogP contribution in [0.3, 0.4) is 0 Å². The number of nitrogens with one attached hydrogen (secondary N) is 1. The zero-order valence-corrected chi connectivity index (χ0v) is 16.8. The lowest BCUT2D eigenvalue weighted by Gasteiger charge is -2.18. The molecule has 0 saturated carbocycles. The van der Waals surface area contributed by atoms with Crippen LogP contribution >= 0.6 is 0 Å². The Hall–Kier alpha value is -2.14. The smallest absolute Gasteiger partial charge is 0.235 e. The molecule has 1 amide bonds. The molecule has 2 rings (SSSR count). The summed E-state index contributed by atoms with van der Waals surface area (Å²) < 4.78 is 24.0. The quantitative estimate of drug-likeness (QED) is 0.594. The van der Waals surface area contributed by atoms with E-state index in [1.165, 1.54) is 11.1 Å². The first-order valence-electron chi connectivity index (χ1n) is 9.59. The number of hydrogen-bond donors (Lipinski definition) is 1. The molecule has 0 heterocycles. The van der Waals surface area contributed by atoms with E-state index in [1.54, 1.807) is 0 Å². The molecule has 0 bridgehead atoms. The number of rotatable bonds is 11. The number of amides is 1. The van der Waals surface area contributed by atoms with Gasteiger partial charge in [-0.05, 0) is 24.0 Å². The van der Waals surface area contributed by atoms with Crippen LogP contribution in [0.4, 0.5) is 0 Å². The van der Waals surface area contributed by atoms with Crippen molar-refractivity contribution in [2.24, 2.45) is 0 Å². The molecule has 0 fully saturated rings. The summed E-state index contributed by atoms with van der Waals surface area (Å²) in [6.45, 7) is 2.47. The van der Waals surface area contributed by atoms with Gasteiger partial charge < -0.3 is 5.32 Å². The summed E-state index contributed by atoms with van der Waals surface area (Å²) in [4.78, 5) is 12.1. The minimum Gasteiger partial charge on any atom is -0.355 e. The minimum absolute atomic E-state index is 0.0882. The predicted octanol–water partition coefficient (Wildman–Crippen LogP) is 3.93. The van der Waals surface area contributed by atoms with Gasteiger partial charge in [0.15, 0.2) is 9.84 Å². The molecular weight excluding hydrogens is 358 g/mol. The Morgan fingerprint density at radius 2 is 1.48 bits per heavy atom. The Morgan fingerprint density at radius 3 is 2.00 bits per heavy atom. The fraction of sp³-hybridized carbons (Fsp3) is 0.409. The van der Waals surface area contributed by atoms with Crippen LogP contribution in [0.2, 0.25) is 0 Å². The summed E-state index contributed by atoms with van der Waals surface area (Å²) in [6, 6.07) is 20.3. The first-order chi connectivity index (χ1) is 13.0. The van der Waals surface area contributed by atoms with Gasteiger partial charge in [0, 0.05) is 12.5 Å². The van der Waals surface area contributed by atoms with E-state index in [2.05, 4.69) is 29.6 Å². The van der Waals surface area contributed by atoms with Crippen LogP contribution in [-0.2, 0) is 14.6 Å². The molecule has 0 aliphatic heterocycles. The Bertz CT molecular complexity index is 749. The monoisotopic (exact) mass is 387 g/mol. The van der Waals surface area contributed by atoms with Crippen LogP contribution in [-0.4, -0.2) is 32.4 Å². The predicted molar refractivity (Wildman–Crippen MR) is 111 cm³/mol. The second-order valence-corrected chi connectivity index (χ2v) is 9.00. The van der Waals surface area contributed by atoms with Gasteiger partial charge in [-0.15, -0.1) is 0 Å². The number of carbonyl (C=O) groups excluding carboxylic acids is 1.